The van der Waals surface area contributed by atoms with Crippen LogP contribution in [-0.2, 0) is 10.0 Å². The molecule has 0 unspecified atom stereocenters. The van der Waals surface area contributed by atoms with Crippen LogP contribution >= 0.6 is 11.6 Å². The molecule has 22 heavy (non-hydrogen) atoms. The Morgan fingerprint density at radius 2 is 2.05 bits per heavy atom. The van der Waals surface area contributed by atoms with Gasteiger partial charge in [-0.1, -0.05) is 28.9 Å². The third-order valence-electron chi connectivity index (χ3n) is 2.86. The van der Waals surface area contributed by atoms with E-state index in [-0.39, 0.29) is 11.0 Å². The van der Waals surface area contributed by atoms with Crippen molar-refractivity contribution in [3.63, 3.8) is 0 Å². The first-order valence-electron chi connectivity index (χ1n) is 6.12. The van der Waals surface area contributed by atoms with Gasteiger partial charge in [-0.2, -0.15) is 4.98 Å². The normalized spacial score (nSPS) is 11.7. The molecule has 3 rings (SSSR count). The van der Waals surface area contributed by atoms with E-state index in [1.54, 1.807) is 24.3 Å². The Morgan fingerprint density at radius 1 is 1.23 bits per heavy atom. The second-order valence-electron chi connectivity index (χ2n) is 4.30. The van der Waals surface area contributed by atoms with Gasteiger partial charge in [0.2, 0.25) is 10.9 Å². The lowest BCUT2D eigenvalue weighted by atomic mass is 10.2. The average molecular weight is 340 g/mol. The predicted octanol–water partition coefficient (Wildman–Crippen LogP) is 2.56. The van der Waals surface area contributed by atoms with Crippen LogP contribution in [0, 0.1) is 0 Å². The number of nitrogens with one attached hydrogen (secondary N) is 1. The van der Waals surface area contributed by atoms with E-state index in [0.29, 0.717) is 22.0 Å². The highest BCUT2D eigenvalue weighted by molar-refractivity contribution is 7.89. The van der Waals surface area contributed by atoms with Crippen molar-refractivity contribution in [3.05, 3.63) is 41.6 Å². The molecule has 0 aliphatic carbocycles. The van der Waals surface area contributed by atoms with Gasteiger partial charge in [-0.15, -0.1) is 0 Å². The van der Waals surface area contributed by atoms with Crippen LogP contribution in [0.4, 0.5) is 0 Å². The zero-order valence-electron chi connectivity index (χ0n) is 11.3. The maximum Gasteiger partial charge on any atom is 0.273 e. The number of furan rings is 1. The van der Waals surface area contributed by atoms with E-state index in [2.05, 4.69) is 14.9 Å². The van der Waals surface area contributed by atoms with Gasteiger partial charge < -0.3 is 8.94 Å². The summed E-state index contributed by atoms with van der Waals surface area (Å²) >= 11 is 5.91. The van der Waals surface area contributed by atoms with Gasteiger partial charge in [-0.3, -0.25) is 0 Å². The van der Waals surface area contributed by atoms with Gasteiger partial charge >= 0.3 is 0 Å². The Labute approximate surface area is 131 Å². The summed E-state index contributed by atoms with van der Waals surface area (Å²) in [5, 5.41) is 4.17. The van der Waals surface area contributed by atoms with Crippen molar-refractivity contribution in [3.8, 4) is 22.8 Å². The third kappa shape index (κ3) is 2.76. The van der Waals surface area contributed by atoms with Crippen LogP contribution in [-0.4, -0.2) is 25.6 Å². The van der Waals surface area contributed by atoms with Crippen LogP contribution in [0.5, 0.6) is 0 Å². The fourth-order valence-corrected chi connectivity index (χ4v) is 2.60. The lowest BCUT2D eigenvalue weighted by Gasteiger charge is -1.94. The highest BCUT2D eigenvalue weighted by atomic mass is 35.5. The smallest absolute Gasteiger partial charge is 0.273 e. The van der Waals surface area contributed by atoms with Crippen molar-refractivity contribution >= 4 is 21.6 Å². The van der Waals surface area contributed by atoms with E-state index in [9.17, 15) is 8.42 Å². The van der Waals surface area contributed by atoms with E-state index >= 15 is 0 Å². The molecule has 0 saturated heterocycles. The Bertz CT molecular complexity index is 917. The molecule has 9 heteroatoms. The number of rotatable bonds is 4. The van der Waals surface area contributed by atoms with Crippen LogP contribution in [0.3, 0.4) is 0 Å². The zero-order chi connectivity index (χ0) is 15.7. The number of benzene rings is 1. The first kappa shape index (κ1) is 14.8. The summed E-state index contributed by atoms with van der Waals surface area (Å²) in [6.07, 6.45) is 1.24. The number of sulfonamides is 1. The molecule has 7 nitrogen and oxygen atoms in total. The summed E-state index contributed by atoms with van der Waals surface area (Å²) in [7, 11) is -2.37. The summed E-state index contributed by atoms with van der Waals surface area (Å²) in [6.45, 7) is 0. The first-order chi connectivity index (χ1) is 10.5. The number of aromatic nitrogens is 2. The van der Waals surface area contributed by atoms with Gasteiger partial charge in [0.25, 0.3) is 15.9 Å². The summed E-state index contributed by atoms with van der Waals surface area (Å²) in [5.41, 5.74) is 1.06. The molecule has 0 aliphatic rings. The SMILES string of the molecule is CNS(=O)(=O)c1cc(-c2nc(-c3cccc(Cl)c3)no2)co1. The molecule has 0 atom stereocenters. The molecule has 0 spiro atoms. The molecular formula is C13H10ClN3O4S. The number of hydrogen-bond acceptors (Lipinski definition) is 6. The van der Waals surface area contributed by atoms with E-state index in [1.165, 1.54) is 19.4 Å². The van der Waals surface area contributed by atoms with E-state index < -0.39 is 10.0 Å². The topological polar surface area (TPSA) is 98.2 Å². The van der Waals surface area contributed by atoms with E-state index in [0.717, 1.165) is 0 Å². The number of nitrogens with zero attached hydrogens (tertiary/aromatic N) is 2. The standard InChI is InChI=1S/C13H10ClN3O4S/c1-15-22(18,19)11-6-9(7-20-11)13-16-12(17-21-13)8-3-2-4-10(14)5-8/h2-7,15H,1H3. The van der Waals surface area contributed by atoms with Crippen molar-refractivity contribution in [2.45, 2.75) is 5.09 Å². The Hall–Kier alpha value is -2.16. The van der Waals surface area contributed by atoms with Crippen molar-refractivity contribution in [1.29, 1.82) is 0 Å². The maximum atomic E-state index is 11.6. The van der Waals surface area contributed by atoms with Crippen LogP contribution in [0.1, 0.15) is 0 Å². The molecule has 114 valence electrons. The first-order valence-corrected chi connectivity index (χ1v) is 7.98. The fraction of sp³-hybridized carbons (Fsp3) is 0.0769. The number of hydrogen-bond donors (Lipinski definition) is 1. The van der Waals surface area contributed by atoms with Crippen molar-refractivity contribution in [1.82, 2.24) is 14.9 Å². The largest absolute Gasteiger partial charge is 0.451 e. The molecule has 0 bridgehead atoms. The minimum atomic E-state index is -3.66. The molecule has 2 aromatic heterocycles. The van der Waals surface area contributed by atoms with Crippen molar-refractivity contribution < 1.29 is 17.4 Å². The Kier molecular flexibility index (Phi) is 3.73. The molecule has 2 heterocycles. The lowest BCUT2D eigenvalue weighted by Crippen LogP contribution is -2.17. The lowest BCUT2D eigenvalue weighted by molar-refractivity contribution is 0.429. The van der Waals surface area contributed by atoms with Gasteiger partial charge in [0.15, 0.2) is 0 Å². The van der Waals surface area contributed by atoms with Crippen molar-refractivity contribution in [2.75, 3.05) is 7.05 Å². The number of halogens is 1. The maximum absolute atomic E-state index is 11.6. The minimum Gasteiger partial charge on any atom is -0.451 e. The van der Waals surface area contributed by atoms with Gasteiger partial charge in [0.05, 0.1) is 5.56 Å². The quantitative estimate of drug-likeness (QED) is 0.784. The van der Waals surface area contributed by atoms with Gasteiger partial charge in [-0.05, 0) is 19.2 Å². The monoisotopic (exact) mass is 339 g/mol. The zero-order valence-corrected chi connectivity index (χ0v) is 12.9. The third-order valence-corrected chi connectivity index (χ3v) is 4.38. The molecule has 0 radical (unpaired) electrons. The van der Waals surface area contributed by atoms with Gasteiger partial charge in [0.1, 0.15) is 6.26 Å². The second kappa shape index (κ2) is 5.56. The van der Waals surface area contributed by atoms with Crippen molar-refractivity contribution in [2.24, 2.45) is 0 Å². The van der Waals surface area contributed by atoms with Gasteiger partial charge in [0, 0.05) is 16.7 Å². The highest BCUT2D eigenvalue weighted by Gasteiger charge is 2.20. The minimum absolute atomic E-state index is 0.149. The van der Waals surface area contributed by atoms with Crippen LogP contribution in [0.15, 0.2) is 50.6 Å². The average Bonchev–Trinajstić information content (AvgIpc) is 3.16. The molecule has 3 aromatic rings. The Morgan fingerprint density at radius 3 is 2.77 bits per heavy atom. The molecule has 0 aliphatic heterocycles. The molecule has 0 amide bonds. The highest BCUT2D eigenvalue weighted by Crippen LogP contribution is 2.26. The fourth-order valence-electron chi connectivity index (χ4n) is 1.76. The molecule has 1 N–H and O–H groups in total. The molecule has 0 fully saturated rings. The van der Waals surface area contributed by atoms with Crippen LogP contribution < -0.4 is 4.72 Å². The van der Waals surface area contributed by atoms with Gasteiger partial charge in [-0.25, -0.2) is 13.1 Å². The summed E-state index contributed by atoms with van der Waals surface area (Å²) in [4.78, 5) is 4.20. The van der Waals surface area contributed by atoms with E-state index in [1.807, 2.05) is 0 Å². The molecule has 1 aromatic carbocycles. The predicted molar refractivity (Wildman–Crippen MR) is 78.7 cm³/mol. The summed E-state index contributed by atoms with van der Waals surface area (Å²) < 4.78 is 35.5. The summed E-state index contributed by atoms with van der Waals surface area (Å²) in [6, 6.07) is 8.29. The second-order valence-corrected chi connectivity index (χ2v) is 6.55. The van der Waals surface area contributed by atoms with E-state index in [4.69, 9.17) is 20.5 Å². The molecular weight excluding hydrogens is 330 g/mol. The van der Waals surface area contributed by atoms with Crippen LogP contribution in [0.25, 0.3) is 22.8 Å². The summed E-state index contributed by atoms with van der Waals surface area (Å²) in [5.74, 6) is 0.494. The Balaban J connectivity index is 1.95. The van der Waals surface area contributed by atoms with Crippen LogP contribution in [0.2, 0.25) is 5.02 Å². The molecule has 0 saturated carbocycles.